The standard InChI is InChI=1S/C14H23ClN2O2/c1-9(8-18)10(2)17-13(7-16)11-4-5-14(19-3)12(15)6-11/h4-6,9-10,13,17-18H,7-8,16H2,1-3H3. The van der Waals surface area contributed by atoms with Crippen molar-refractivity contribution in [3.8, 4) is 5.75 Å². The number of aliphatic hydroxyl groups excluding tert-OH is 1. The van der Waals surface area contributed by atoms with Crippen molar-refractivity contribution in [2.45, 2.75) is 25.9 Å². The van der Waals surface area contributed by atoms with Crippen LogP contribution < -0.4 is 15.8 Å². The number of rotatable bonds is 7. The second kappa shape index (κ2) is 7.70. The molecule has 0 aliphatic rings. The predicted octanol–water partition coefficient (Wildman–Crippen LogP) is 1.95. The van der Waals surface area contributed by atoms with Crippen molar-refractivity contribution in [1.29, 1.82) is 0 Å². The Morgan fingerprint density at radius 1 is 1.42 bits per heavy atom. The highest BCUT2D eigenvalue weighted by atomic mass is 35.5. The van der Waals surface area contributed by atoms with Gasteiger partial charge >= 0.3 is 0 Å². The number of benzene rings is 1. The molecule has 0 saturated heterocycles. The van der Waals surface area contributed by atoms with Crippen molar-refractivity contribution in [3.63, 3.8) is 0 Å². The Balaban J connectivity index is 2.82. The van der Waals surface area contributed by atoms with E-state index in [9.17, 15) is 0 Å². The van der Waals surface area contributed by atoms with E-state index in [1.807, 2.05) is 32.0 Å². The zero-order chi connectivity index (χ0) is 14.4. The van der Waals surface area contributed by atoms with Gasteiger partial charge in [0, 0.05) is 25.2 Å². The van der Waals surface area contributed by atoms with E-state index < -0.39 is 0 Å². The quantitative estimate of drug-likeness (QED) is 0.717. The van der Waals surface area contributed by atoms with Gasteiger partial charge in [-0.3, -0.25) is 0 Å². The fourth-order valence-electron chi connectivity index (χ4n) is 1.84. The number of nitrogens with one attached hydrogen (secondary N) is 1. The zero-order valence-corrected chi connectivity index (χ0v) is 12.4. The van der Waals surface area contributed by atoms with Crippen LogP contribution in [0.3, 0.4) is 0 Å². The highest BCUT2D eigenvalue weighted by Gasteiger charge is 2.17. The summed E-state index contributed by atoms with van der Waals surface area (Å²) in [5, 5.41) is 13.2. The third-order valence-electron chi connectivity index (χ3n) is 3.42. The van der Waals surface area contributed by atoms with Crippen LogP contribution in [0.15, 0.2) is 18.2 Å². The smallest absolute Gasteiger partial charge is 0.137 e. The predicted molar refractivity (Wildman–Crippen MR) is 78.6 cm³/mol. The van der Waals surface area contributed by atoms with Crippen LogP contribution in [0.4, 0.5) is 0 Å². The number of hydrogen-bond donors (Lipinski definition) is 3. The molecule has 3 atom stereocenters. The minimum absolute atomic E-state index is 0.00686. The van der Waals surface area contributed by atoms with Crippen LogP contribution in [-0.4, -0.2) is 31.4 Å². The maximum absolute atomic E-state index is 9.16. The van der Waals surface area contributed by atoms with Crippen LogP contribution in [0.25, 0.3) is 0 Å². The van der Waals surface area contributed by atoms with Gasteiger partial charge in [0.15, 0.2) is 0 Å². The molecular weight excluding hydrogens is 264 g/mol. The first-order valence-corrected chi connectivity index (χ1v) is 6.81. The SMILES string of the molecule is COc1ccc(C(CN)NC(C)C(C)CO)cc1Cl. The van der Waals surface area contributed by atoms with Crippen molar-refractivity contribution in [1.82, 2.24) is 5.32 Å². The van der Waals surface area contributed by atoms with E-state index in [0.29, 0.717) is 17.3 Å². The van der Waals surface area contributed by atoms with Gasteiger partial charge in [0.05, 0.1) is 12.1 Å². The Morgan fingerprint density at radius 3 is 2.58 bits per heavy atom. The molecular formula is C14H23ClN2O2. The number of halogens is 1. The molecule has 4 N–H and O–H groups in total. The minimum Gasteiger partial charge on any atom is -0.495 e. The summed E-state index contributed by atoms with van der Waals surface area (Å²) in [6, 6.07) is 5.82. The Hall–Kier alpha value is -0.810. The molecule has 0 aliphatic carbocycles. The molecule has 0 heterocycles. The molecule has 1 aromatic rings. The van der Waals surface area contributed by atoms with E-state index in [1.54, 1.807) is 7.11 Å². The number of aliphatic hydroxyl groups is 1. The molecule has 0 radical (unpaired) electrons. The van der Waals surface area contributed by atoms with Gasteiger partial charge in [-0.15, -0.1) is 0 Å². The molecule has 4 nitrogen and oxygen atoms in total. The van der Waals surface area contributed by atoms with Gasteiger partial charge in [-0.1, -0.05) is 24.6 Å². The van der Waals surface area contributed by atoms with Crippen LogP contribution in [0.1, 0.15) is 25.5 Å². The van der Waals surface area contributed by atoms with Crippen molar-refractivity contribution in [3.05, 3.63) is 28.8 Å². The van der Waals surface area contributed by atoms with Crippen molar-refractivity contribution < 1.29 is 9.84 Å². The molecule has 108 valence electrons. The fourth-order valence-corrected chi connectivity index (χ4v) is 2.11. The molecule has 3 unspecified atom stereocenters. The summed E-state index contributed by atoms with van der Waals surface area (Å²) in [6.07, 6.45) is 0. The molecule has 1 rings (SSSR count). The van der Waals surface area contributed by atoms with Crippen LogP contribution in [0.5, 0.6) is 5.75 Å². The third kappa shape index (κ3) is 4.35. The summed E-state index contributed by atoms with van der Waals surface area (Å²) < 4.78 is 5.13. The molecule has 0 bridgehead atoms. The van der Waals surface area contributed by atoms with Crippen LogP contribution >= 0.6 is 11.6 Å². The minimum atomic E-state index is 0.00686. The van der Waals surface area contributed by atoms with E-state index in [2.05, 4.69) is 5.32 Å². The summed E-state index contributed by atoms with van der Waals surface area (Å²) in [4.78, 5) is 0. The monoisotopic (exact) mass is 286 g/mol. The number of methoxy groups -OCH3 is 1. The van der Waals surface area contributed by atoms with Gasteiger partial charge in [-0.2, -0.15) is 0 Å². The zero-order valence-electron chi connectivity index (χ0n) is 11.7. The van der Waals surface area contributed by atoms with E-state index >= 15 is 0 Å². The van der Waals surface area contributed by atoms with Crippen molar-refractivity contribution >= 4 is 11.6 Å². The van der Waals surface area contributed by atoms with Crippen molar-refractivity contribution in [2.24, 2.45) is 11.7 Å². The van der Waals surface area contributed by atoms with E-state index in [0.717, 1.165) is 5.56 Å². The molecule has 0 saturated carbocycles. The lowest BCUT2D eigenvalue weighted by Gasteiger charge is -2.26. The lowest BCUT2D eigenvalue weighted by Crippen LogP contribution is -2.39. The molecule has 0 fully saturated rings. The summed E-state index contributed by atoms with van der Waals surface area (Å²) in [5.74, 6) is 0.820. The maximum atomic E-state index is 9.16. The average Bonchev–Trinajstić information content (AvgIpc) is 2.43. The average molecular weight is 287 g/mol. The first-order valence-electron chi connectivity index (χ1n) is 6.43. The highest BCUT2D eigenvalue weighted by molar-refractivity contribution is 6.32. The molecule has 0 aliphatic heterocycles. The summed E-state index contributed by atoms with van der Waals surface area (Å²) in [7, 11) is 1.59. The van der Waals surface area contributed by atoms with E-state index in [-0.39, 0.29) is 24.6 Å². The van der Waals surface area contributed by atoms with Gasteiger partial charge in [0.25, 0.3) is 0 Å². The molecule has 5 heteroatoms. The maximum Gasteiger partial charge on any atom is 0.137 e. The Morgan fingerprint density at radius 2 is 2.11 bits per heavy atom. The number of ether oxygens (including phenoxy) is 1. The Kier molecular flexibility index (Phi) is 6.58. The first-order chi connectivity index (χ1) is 9.03. The van der Waals surface area contributed by atoms with Gasteiger partial charge in [-0.25, -0.2) is 0 Å². The first kappa shape index (κ1) is 16.2. The summed E-state index contributed by atoms with van der Waals surface area (Å²) in [6.45, 7) is 4.64. The number of nitrogens with two attached hydrogens (primary N) is 1. The lowest BCUT2D eigenvalue weighted by atomic mass is 10.0. The van der Waals surface area contributed by atoms with Crippen LogP contribution in [-0.2, 0) is 0 Å². The highest BCUT2D eigenvalue weighted by Crippen LogP contribution is 2.27. The molecule has 0 amide bonds. The van der Waals surface area contributed by atoms with Gasteiger partial charge < -0.3 is 20.9 Å². The Bertz CT molecular complexity index is 401. The van der Waals surface area contributed by atoms with Crippen molar-refractivity contribution in [2.75, 3.05) is 20.3 Å². The largest absolute Gasteiger partial charge is 0.495 e. The summed E-state index contributed by atoms with van der Waals surface area (Å²) in [5.41, 5.74) is 6.83. The summed E-state index contributed by atoms with van der Waals surface area (Å²) >= 11 is 6.12. The van der Waals surface area contributed by atoms with E-state index in [4.69, 9.17) is 27.2 Å². The Labute approximate surface area is 119 Å². The number of hydrogen-bond acceptors (Lipinski definition) is 4. The van der Waals surface area contributed by atoms with Gasteiger partial charge in [0.2, 0.25) is 0 Å². The van der Waals surface area contributed by atoms with Crippen LogP contribution in [0.2, 0.25) is 5.02 Å². The topological polar surface area (TPSA) is 67.5 Å². The molecule has 1 aromatic carbocycles. The fraction of sp³-hybridized carbons (Fsp3) is 0.571. The molecule has 0 aromatic heterocycles. The normalized spacial score (nSPS) is 15.9. The van der Waals surface area contributed by atoms with E-state index in [1.165, 1.54) is 0 Å². The van der Waals surface area contributed by atoms with Crippen LogP contribution in [0, 0.1) is 5.92 Å². The third-order valence-corrected chi connectivity index (χ3v) is 3.71. The lowest BCUT2D eigenvalue weighted by molar-refractivity contribution is 0.201. The van der Waals surface area contributed by atoms with Gasteiger partial charge in [0.1, 0.15) is 5.75 Å². The molecule has 0 spiro atoms. The van der Waals surface area contributed by atoms with Gasteiger partial charge in [-0.05, 0) is 30.5 Å². The molecule has 19 heavy (non-hydrogen) atoms. The second-order valence-corrected chi connectivity index (χ2v) is 5.20. The second-order valence-electron chi connectivity index (χ2n) is 4.80.